The Kier molecular flexibility index (Phi) is 4.46. The monoisotopic (exact) mass is 365 g/mol. The molecule has 0 bridgehead atoms. The van der Waals surface area contributed by atoms with Gasteiger partial charge >= 0.3 is 0 Å². The molecule has 0 saturated carbocycles. The molecule has 2 N–H and O–H groups in total. The number of aromatic amines is 1. The lowest BCUT2D eigenvalue weighted by Gasteiger charge is -2.02. The molecule has 2 aromatic carbocycles. The summed E-state index contributed by atoms with van der Waals surface area (Å²) in [6.45, 7) is 0.459. The van der Waals surface area contributed by atoms with Crippen molar-refractivity contribution < 1.29 is 9.21 Å². The summed E-state index contributed by atoms with van der Waals surface area (Å²) in [6, 6.07) is 18.6. The smallest absolute Gasteiger partial charge is 0.287 e. The van der Waals surface area contributed by atoms with Crippen LogP contribution in [0.25, 0.3) is 22.4 Å². The van der Waals surface area contributed by atoms with E-state index in [2.05, 4.69) is 15.3 Å². The number of H-pyrrole nitrogens is 1. The van der Waals surface area contributed by atoms with E-state index in [-0.39, 0.29) is 11.7 Å². The molecule has 0 aliphatic heterocycles. The van der Waals surface area contributed by atoms with Crippen LogP contribution < -0.4 is 5.32 Å². The molecule has 0 aliphatic rings. The van der Waals surface area contributed by atoms with E-state index in [0.29, 0.717) is 23.7 Å². The van der Waals surface area contributed by atoms with Crippen molar-refractivity contribution in [2.45, 2.75) is 6.42 Å². The van der Waals surface area contributed by atoms with Gasteiger partial charge in [0, 0.05) is 18.5 Å². The number of hydrogen-bond donors (Lipinski definition) is 2. The van der Waals surface area contributed by atoms with Crippen LogP contribution in [0.15, 0.2) is 65.1 Å². The molecular weight excluding hydrogens is 350 g/mol. The van der Waals surface area contributed by atoms with Crippen LogP contribution in [-0.2, 0) is 6.42 Å². The average Bonchev–Trinajstić information content (AvgIpc) is 3.28. The van der Waals surface area contributed by atoms with Crippen molar-refractivity contribution >= 4 is 28.5 Å². The van der Waals surface area contributed by atoms with Gasteiger partial charge in [-0.05, 0) is 36.4 Å². The van der Waals surface area contributed by atoms with E-state index >= 15 is 0 Å². The lowest BCUT2D eigenvalue weighted by Crippen LogP contribution is -2.25. The van der Waals surface area contributed by atoms with Gasteiger partial charge < -0.3 is 14.7 Å². The van der Waals surface area contributed by atoms with E-state index in [1.54, 1.807) is 18.2 Å². The first kappa shape index (κ1) is 16.4. The number of carbonyl (C=O) groups is 1. The number of amides is 1. The zero-order valence-corrected chi connectivity index (χ0v) is 14.6. The normalized spacial score (nSPS) is 11.0. The maximum Gasteiger partial charge on any atom is 0.287 e. The number of para-hydroxylation sites is 2. The molecule has 0 unspecified atom stereocenters. The van der Waals surface area contributed by atoms with Gasteiger partial charge in [-0.15, -0.1) is 0 Å². The molecule has 0 fully saturated rings. The highest BCUT2D eigenvalue weighted by Gasteiger charge is 2.13. The molecule has 0 spiro atoms. The summed E-state index contributed by atoms with van der Waals surface area (Å²) >= 11 is 6.16. The number of fused-ring (bicyclic) bond motifs is 1. The number of halogens is 1. The number of nitrogens with one attached hydrogen (secondary N) is 2. The lowest BCUT2D eigenvalue weighted by atomic mass is 10.2. The predicted molar refractivity (Wildman–Crippen MR) is 101 cm³/mol. The second kappa shape index (κ2) is 7.06. The summed E-state index contributed by atoms with van der Waals surface area (Å²) < 4.78 is 5.64. The quantitative estimate of drug-likeness (QED) is 0.549. The van der Waals surface area contributed by atoms with Gasteiger partial charge in [-0.2, -0.15) is 0 Å². The second-order valence-corrected chi connectivity index (χ2v) is 6.26. The van der Waals surface area contributed by atoms with Gasteiger partial charge in [0.05, 0.1) is 16.1 Å². The summed E-state index contributed by atoms with van der Waals surface area (Å²) in [5, 5.41) is 3.43. The minimum absolute atomic E-state index is 0.254. The first-order chi connectivity index (χ1) is 12.7. The SMILES string of the molecule is O=C(NCCc1nc2ccccc2[nH]1)c1ccc(-c2ccccc2Cl)o1. The minimum Gasteiger partial charge on any atom is -0.451 e. The number of aromatic nitrogens is 2. The predicted octanol–water partition coefficient (Wildman–Crippen LogP) is 4.45. The van der Waals surface area contributed by atoms with E-state index < -0.39 is 0 Å². The Bertz CT molecular complexity index is 1030. The van der Waals surface area contributed by atoms with Crippen LogP contribution >= 0.6 is 11.6 Å². The molecule has 6 heteroatoms. The number of nitrogens with zero attached hydrogens (tertiary/aromatic N) is 1. The Morgan fingerprint density at radius 3 is 2.73 bits per heavy atom. The van der Waals surface area contributed by atoms with E-state index in [0.717, 1.165) is 22.4 Å². The lowest BCUT2D eigenvalue weighted by molar-refractivity contribution is 0.0927. The van der Waals surface area contributed by atoms with Crippen molar-refractivity contribution in [3.63, 3.8) is 0 Å². The molecule has 130 valence electrons. The molecule has 0 radical (unpaired) electrons. The van der Waals surface area contributed by atoms with Crippen molar-refractivity contribution in [2.75, 3.05) is 6.54 Å². The molecule has 0 aliphatic carbocycles. The third kappa shape index (κ3) is 3.34. The fraction of sp³-hybridized carbons (Fsp3) is 0.100. The van der Waals surface area contributed by atoms with Crippen molar-refractivity contribution in [3.05, 3.63) is 77.3 Å². The van der Waals surface area contributed by atoms with E-state index in [1.807, 2.05) is 42.5 Å². The molecule has 0 saturated heterocycles. The van der Waals surface area contributed by atoms with Crippen LogP contribution in [0.4, 0.5) is 0 Å². The van der Waals surface area contributed by atoms with Crippen LogP contribution in [0.3, 0.4) is 0 Å². The van der Waals surface area contributed by atoms with E-state index in [1.165, 1.54) is 0 Å². The van der Waals surface area contributed by atoms with Crippen molar-refractivity contribution in [1.29, 1.82) is 0 Å². The maximum atomic E-state index is 12.3. The highest BCUT2D eigenvalue weighted by Crippen LogP contribution is 2.28. The minimum atomic E-state index is -0.264. The Balaban J connectivity index is 1.38. The largest absolute Gasteiger partial charge is 0.451 e. The highest BCUT2D eigenvalue weighted by atomic mass is 35.5. The van der Waals surface area contributed by atoms with Crippen LogP contribution in [-0.4, -0.2) is 22.4 Å². The summed E-state index contributed by atoms with van der Waals surface area (Å²) in [5.41, 5.74) is 2.67. The molecular formula is C20H16ClN3O2. The van der Waals surface area contributed by atoms with Gasteiger partial charge in [0.2, 0.25) is 0 Å². The molecule has 4 aromatic rings. The second-order valence-electron chi connectivity index (χ2n) is 5.85. The van der Waals surface area contributed by atoms with Crippen molar-refractivity contribution in [1.82, 2.24) is 15.3 Å². The number of furan rings is 1. The molecule has 4 rings (SSSR count). The fourth-order valence-corrected chi connectivity index (χ4v) is 3.00. The Hall–Kier alpha value is -3.05. The summed E-state index contributed by atoms with van der Waals surface area (Å²) in [5.74, 6) is 1.39. The fourth-order valence-electron chi connectivity index (χ4n) is 2.77. The maximum absolute atomic E-state index is 12.3. The first-order valence-electron chi connectivity index (χ1n) is 8.27. The highest BCUT2D eigenvalue weighted by molar-refractivity contribution is 6.33. The third-order valence-corrected chi connectivity index (χ3v) is 4.38. The third-order valence-electron chi connectivity index (χ3n) is 4.05. The van der Waals surface area contributed by atoms with Crippen LogP contribution in [0.1, 0.15) is 16.4 Å². The number of rotatable bonds is 5. The molecule has 2 heterocycles. The average molecular weight is 366 g/mol. The Labute approximate surface area is 155 Å². The standard InChI is InChI=1S/C20H16ClN3O2/c21-14-6-2-1-5-13(14)17-9-10-18(26-17)20(25)22-12-11-19-23-15-7-3-4-8-16(15)24-19/h1-10H,11-12H2,(H,22,25)(H,23,24). The number of imidazole rings is 1. The number of benzene rings is 2. The summed E-state index contributed by atoms with van der Waals surface area (Å²) in [7, 11) is 0. The van der Waals surface area contributed by atoms with Gasteiger partial charge in [-0.3, -0.25) is 4.79 Å². The molecule has 2 aromatic heterocycles. The van der Waals surface area contributed by atoms with Gasteiger partial charge in [-0.25, -0.2) is 4.98 Å². The zero-order chi connectivity index (χ0) is 17.9. The van der Waals surface area contributed by atoms with Crippen molar-refractivity contribution in [3.8, 4) is 11.3 Å². The summed E-state index contributed by atoms with van der Waals surface area (Å²) in [4.78, 5) is 20.0. The van der Waals surface area contributed by atoms with Gasteiger partial charge in [0.25, 0.3) is 5.91 Å². The van der Waals surface area contributed by atoms with Crippen LogP contribution in [0.2, 0.25) is 5.02 Å². The zero-order valence-electron chi connectivity index (χ0n) is 13.8. The first-order valence-corrected chi connectivity index (χ1v) is 8.65. The number of carbonyl (C=O) groups excluding carboxylic acids is 1. The van der Waals surface area contributed by atoms with Gasteiger partial charge in [-0.1, -0.05) is 35.9 Å². The van der Waals surface area contributed by atoms with Crippen LogP contribution in [0.5, 0.6) is 0 Å². The summed E-state index contributed by atoms with van der Waals surface area (Å²) in [6.07, 6.45) is 0.610. The van der Waals surface area contributed by atoms with Crippen LogP contribution in [0, 0.1) is 0 Å². The van der Waals surface area contributed by atoms with Crippen molar-refractivity contribution in [2.24, 2.45) is 0 Å². The topological polar surface area (TPSA) is 70.9 Å². The van der Waals surface area contributed by atoms with Gasteiger partial charge in [0.1, 0.15) is 11.6 Å². The van der Waals surface area contributed by atoms with E-state index in [9.17, 15) is 4.79 Å². The number of hydrogen-bond acceptors (Lipinski definition) is 3. The Morgan fingerprint density at radius 2 is 1.88 bits per heavy atom. The molecule has 0 atom stereocenters. The van der Waals surface area contributed by atoms with Gasteiger partial charge in [0.15, 0.2) is 5.76 Å². The molecule has 1 amide bonds. The van der Waals surface area contributed by atoms with E-state index in [4.69, 9.17) is 16.0 Å². The molecule has 5 nitrogen and oxygen atoms in total. The Morgan fingerprint density at radius 1 is 1.08 bits per heavy atom. The molecule has 26 heavy (non-hydrogen) atoms.